The second-order valence-corrected chi connectivity index (χ2v) is 7.50. The van der Waals surface area contributed by atoms with E-state index < -0.39 is 10.0 Å². The van der Waals surface area contributed by atoms with E-state index in [0.717, 1.165) is 26.7 Å². The number of nitrogens with zero attached hydrogens (tertiary/aromatic N) is 4. The van der Waals surface area contributed by atoms with E-state index in [1.807, 2.05) is 30.3 Å². The smallest absolute Gasteiger partial charge is 0.321 e. The highest BCUT2D eigenvalue weighted by atomic mass is 32.2. The number of ether oxygens (including phenoxy) is 1. The second kappa shape index (κ2) is 6.23. The van der Waals surface area contributed by atoms with Crippen molar-refractivity contribution in [2.24, 2.45) is 0 Å². The van der Waals surface area contributed by atoms with Crippen LogP contribution in [0.5, 0.6) is 11.8 Å². The third kappa shape index (κ3) is 3.02. The molecule has 4 aromatic rings. The first-order valence-corrected chi connectivity index (χ1v) is 9.59. The molecule has 0 bridgehead atoms. The van der Waals surface area contributed by atoms with Crippen molar-refractivity contribution < 1.29 is 13.2 Å². The maximum Gasteiger partial charge on any atom is 0.321 e. The quantitative estimate of drug-likeness (QED) is 0.552. The van der Waals surface area contributed by atoms with Gasteiger partial charge in [-0.3, -0.25) is 0 Å². The third-order valence-electron chi connectivity index (χ3n) is 3.79. The Bertz CT molecular complexity index is 1190. The summed E-state index contributed by atoms with van der Waals surface area (Å²) in [7, 11) is -3.40. The van der Waals surface area contributed by atoms with Crippen LogP contribution in [0.25, 0.3) is 22.2 Å². The van der Waals surface area contributed by atoms with Gasteiger partial charge in [0.15, 0.2) is 5.65 Å². The molecule has 4 rings (SSSR count). The van der Waals surface area contributed by atoms with Crippen LogP contribution in [-0.4, -0.2) is 33.6 Å². The van der Waals surface area contributed by atoms with Crippen LogP contribution in [0.4, 0.5) is 0 Å². The van der Waals surface area contributed by atoms with Gasteiger partial charge >= 0.3 is 6.01 Å². The first kappa shape index (κ1) is 16.2. The number of benzene rings is 1. The van der Waals surface area contributed by atoms with Gasteiger partial charge in [0.25, 0.3) is 0 Å². The van der Waals surface area contributed by atoms with E-state index in [2.05, 4.69) is 15.0 Å². The highest BCUT2D eigenvalue weighted by Crippen LogP contribution is 2.33. The van der Waals surface area contributed by atoms with Gasteiger partial charge in [-0.15, -0.1) is 0 Å². The molecule has 7 nitrogen and oxygen atoms in total. The summed E-state index contributed by atoms with van der Waals surface area (Å²) in [6, 6.07) is 13.0. The molecule has 0 spiro atoms. The zero-order chi connectivity index (χ0) is 18.1. The van der Waals surface area contributed by atoms with Gasteiger partial charge in [-0.2, -0.15) is 0 Å². The van der Waals surface area contributed by atoms with Gasteiger partial charge in [0.1, 0.15) is 5.75 Å². The molecule has 3 heterocycles. The molecule has 0 unspecified atom stereocenters. The zero-order valence-electron chi connectivity index (χ0n) is 13.8. The van der Waals surface area contributed by atoms with Crippen molar-refractivity contribution in [3.8, 4) is 22.9 Å². The van der Waals surface area contributed by atoms with E-state index in [4.69, 9.17) is 4.74 Å². The predicted molar refractivity (Wildman–Crippen MR) is 97.5 cm³/mol. The maximum atomic E-state index is 11.8. The Morgan fingerprint density at radius 1 is 1.00 bits per heavy atom. The van der Waals surface area contributed by atoms with Crippen molar-refractivity contribution in [2.45, 2.75) is 0 Å². The Labute approximate surface area is 150 Å². The molecule has 0 radical (unpaired) electrons. The molecule has 8 heteroatoms. The van der Waals surface area contributed by atoms with E-state index in [-0.39, 0.29) is 6.01 Å². The Morgan fingerprint density at radius 2 is 1.77 bits per heavy atom. The fourth-order valence-corrected chi connectivity index (χ4v) is 3.39. The molecule has 0 N–H and O–H groups in total. The Kier molecular flexibility index (Phi) is 3.89. The largest absolute Gasteiger partial charge is 0.424 e. The van der Waals surface area contributed by atoms with E-state index in [9.17, 15) is 8.42 Å². The number of pyridine rings is 1. The summed E-state index contributed by atoms with van der Waals surface area (Å²) >= 11 is 0. The standard InChI is InChI=1S/C18H14N4O3S/c1-26(23,24)22-10-7-13-11-14(12-21-17(13)22)15-5-2-3-6-16(15)25-18-19-8-4-9-20-18/h2-12H,1H3. The average molecular weight is 366 g/mol. The molecule has 0 aliphatic heterocycles. The SMILES string of the molecule is CS(=O)(=O)n1ccc2cc(-c3ccccc3Oc3ncccn3)cnc21. The zero-order valence-corrected chi connectivity index (χ0v) is 14.6. The fraction of sp³-hybridized carbons (Fsp3) is 0.0556. The second-order valence-electron chi connectivity index (χ2n) is 5.64. The van der Waals surface area contributed by atoms with Crippen molar-refractivity contribution in [3.05, 3.63) is 67.3 Å². The van der Waals surface area contributed by atoms with Crippen LogP contribution in [0.15, 0.2) is 67.3 Å². The van der Waals surface area contributed by atoms with Gasteiger partial charge in [0.2, 0.25) is 10.0 Å². The van der Waals surface area contributed by atoms with Crippen LogP contribution in [-0.2, 0) is 10.0 Å². The highest BCUT2D eigenvalue weighted by Gasteiger charge is 2.14. The van der Waals surface area contributed by atoms with Crippen molar-refractivity contribution >= 4 is 21.1 Å². The lowest BCUT2D eigenvalue weighted by Gasteiger charge is -2.10. The summed E-state index contributed by atoms with van der Waals surface area (Å²) in [6.07, 6.45) is 7.47. The molecule has 3 aromatic heterocycles. The van der Waals surface area contributed by atoms with Gasteiger partial charge in [-0.25, -0.2) is 27.3 Å². The Hall–Kier alpha value is -3.26. The van der Waals surface area contributed by atoms with E-state index >= 15 is 0 Å². The average Bonchev–Trinajstić information content (AvgIpc) is 3.06. The van der Waals surface area contributed by atoms with Crippen LogP contribution < -0.4 is 4.74 Å². The maximum absolute atomic E-state index is 11.8. The molecule has 0 aliphatic carbocycles. The van der Waals surface area contributed by atoms with Gasteiger partial charge in [0.05, 0.1) is 6.26 Å². The monoisotopic (exact) mass is 366 g/mol. The molecule has 0 saturated heterocycles. The lowest BCUT2D eigenvalue weighted by Crippen LogP contribution is -2.08. The predicted octanol–water partition coefficient (Wildman–Crippen LogP) is 3.09. The Morgan fingerprint density at radius 3 is 2.54 bits per heavy atom. The fourth-order valence-electron chi connectivity index (χ4n) is 2.65. The number of rotatable bonds is 4. The molecule has 0 saturated carbocycles. The highest BCUT2D eigenvalue weighted by molar-refractivity contribution is 7.89. The Balaban J connectivity index is 1.79. The van der Waals surface area contributed by atoms with E-state index in [1.165, 1.54) is 6.20 Å². The molecule has 130 valence electrons. The van der Waals surface area contributed by atoms with Crippen LogP contribution in [0.1, 0.15) is 0 Å². The number of hydrogen-bond acceptors (Lipinski definition) is 6. The van der Waals surface area contributed by atoms with Crippen molar-refractivity contribution in [1.82, 2.24) is 18.9 Å². The van der Waals surface area contributed by atoms with Crippen molar-refractivity contribution in [3.63, 3.8) is 0 Å². The minimum Gasteiger partial charge on any atom is -0.424 e. The first-order valence-electron chi connectivity index (χ1n) is 7.74. The van der Waals surface area contributed by atoms with Crippen LogP contribution in [0.2, 0.25) is 0 Å². The number of para-hydroxylation sites is 1. The number of fused-ring (bicyclic) bond motifs is 1. The summed E-state index contributed by atoms with van der Waals surface area (Å²) < 4.78 is 30.6. The molecule has 26 heavy (non-hydrogen) atoms. The molecule has 0 fully saturated rings. The van der Waals surface area contributed by atoms with Gasteiger partial charge < -0.3 is 4.74 Å². The number of hydrogen-bond donors (Lipinski definition) is 0. The van der Waals surface area contributed by atoms with E-state index in [0.29, 0.717) is 11.4 Å². The van der Waals surface area contributed by atoms with Gasteiger partial charge in [0, 0.05) is 41.3 Å². The minimum absolute atomic E-state index is 0.247. The molecular formula is C18H14N4O3S. The van der Waals surface area contributed by atoms with Gasteiger partial charge in [-0.05, 0) is 24.3 Å². The molecule has 0 amide bonds. The van der Waals surface area contributed by atoms with Crippen LogP contribution in [0, 0.1) is 0 Å². The summed E-state index contributed by atoms with van der Waals surface area (Å²) in [4.78, 5) is 12.5. The topological polar surface area (TPSA) is 87.0 Å². The third-order valence-corrected chi connectivity index (χ3v) is 4.80. The van der Waals surface area contributed by atoms with E-state index in [1.54, 1.807) is 30.7 Å². The van der Waals surface area contributed by atoms with Crippen molar-refractivity contribution in [1.29, 1.82) is 0 Å². The summed E-state index contributed by atoms with van der Waals surface area (Å²) in [6.45, 7) is 0. The minimum atomic E-state index is -3.40. The lowest BCUT2D eigenvalue weighted by molar-refractivity contribution is 0.443. The number of aromatic nitrogens is 4. The summed E-state index contributed by atoms with van der Waals surface area (Å²) in [5, 5.41) is 0.721. The summed E-state index contributed by atoms with van der Waals surface area (Å²) in [5.41, 5.74) is 2.00. The van der Waals surface area contributed by atoms with Gasteiger partial charge in [-0.1, -0.05) is 18.2 Å². The first-order chi connectivity index (χ1) is 12.5. The molecule has 0 aliphatic rings. The molecular weight excluding hydrogens is 352 g/mol. The van der Waals surface area contributed by atoms with Crippen molar-refractivity contribution in [2.75, 3.05) is 6.26 Å². The molecule has 0 atom stereocenters. The lowest BCUT2D eigenvalue weighted by atomic mass is 10.1. The molecule has 1 aromatic carbocycles. The summed E-state index contributed by atoms with van der Waals surface area (Å²) in [5.74, 6) is 0.586. The van der Waals surface area contributed by atoms with Crippen LogP contribution >= 0.6 is 0 Å². The van der Waals surface area contributed by atoms with Crippen LogP contribution in [0.3, 0.4) is 0 Å². The normalized spacial score (nSPS) is 11.6.